The van der Waals surface area contributed by atoms with Crippen molar-refractivity contribution in [3.63, 3.8) is 0 Å². The van der Waals surface area contributed by atoms with Crippen LogP contribution in [0.1, 0.15) is 12.0 Å². The average molecular weight is 292 g/mol. The highest BCUT2D eigenvalue weighted by Gasteiger charge is 2.25. The first-order chi connectivity index (χ1) is 9.56. The molecule has 0 aromatic heterocycles. The van der Waals surface area contributed by atoms with Crippen molar-refractivity contribution in [1.82, 2.24) is 5.32 Å². The number of carbonyl (C=O) groups is 2. The fraction of sp³-hybridized carbons (Fsp3) is 0.231. The first kappa shape index (κ1) is 14.3. The predicted molar refractivity (Wildman–Crippen MR) is 76.1 cm³/mol. The van der Waals surface area contributed by atoms with Gasteiger partial charge in [0.25, 0.3) is 5.69 Å². The van der Waals surface area contributed by atoms with Crippen LogP contribution in [0.25, 0.3) is 6.08 Å². The lowest BCUT2D eigenvalue weighted by Crippen LogP contribution is -2.35. The van der Waals surface area contributed by atoms with Crippen molar-refractivity contribution in [1.29, 1.82) is 0 Å². The van der Waals surface area contributed by atoms with Crippen LogP contribution in [-0.4, -0.2) is 27.7 Å². The highest BCUT2D eigenvalue weighted by molar-refractivity contribution is 8.14. The normalized spacial score (nSPS) is 18.4. The zero-order valence-electron chi connectivity index (χ0n) is 10.4. The molecule has 1 fully saturated rings. The van der Waals surface area contributed by atoms with E-state index in [-0.39, 0.29) is 16.7 Å². The summed E-state index contributed by atoms with van der Waals surface area (Å²) in [6.07, 6.45) is 3.39. The molecule has 1 aliphatic heterocycles. The summed E-state index contributed by atoms with van der Waals surface area (Å²) < 4.78 is 0. The second-order valence-electron chi connectivity index (χ2n) is 4.20. The second-order valence-corrected chi connectivity index (χ2v) is 5.30. The molecule has 104 valence electrons. The molecular weight excluding hydrogens is 280 g/mol. The summed E-state index contributed by atoms with van der Waals surface area (Å²) in [5.74, 6) is 0.343. The Morgan fingerprint density at radius 3 is 2.95 bits per heavy atom. The molecule has 1 heterocycles. The van der Waals surface area contributed by atoms with E-state index in [1.807, 2.05) is 0 Å². The zero-order chi connectivity index (χ0) is 14.5. The third-order valence-electron chi connectivity index (χ3n) is 2.76. The third-order valence-corrected chi connectivity index (χ3v) is 3.77. The minimum absolute atomic E-state index is 0.0258. The van der Waals surface area contributed by atoms with Gasteiger partial charge in [0, 0.05) is 24.0 Å². The Labute approximate surface area is 119 Å². The van der Waals surface area contributed by atoms with Gasteiger partial charge in [-0.15, -0.1) is 0 Å². The number of nitro benzene ring substituents is 1. The highest BCUT2D eigenvalue weighted by atomic mass is 32.2. The average Bonchev–Trinajstić information content (AvgIpc) is 2.82. The molecule has 0 spiro atoms. The van der Waals surface area contributed by atoms with Crippen LogP contribution in [0.5, 0.6) is 0 Å². The minimum Gasteiger partial charge on any atom is -0.342 e. The molecule has 2 rings (SSSR count). The summed E-state index contributed by atoms with van der Waals surface area (Å²) in [6.45, 7) is 0. The van der Waals surface area contributed by atoms with Gasteiger partial charge in [0.05, 0.1) is 11.0 Å². The maximum absolute atomic E-state index is 11.6. The van der Waals surface area contributed by atoms with Gasteiger partial charge >= 0.3 is 0 Å². The van der Waals surface area contributed by atoms with Crippen LogP contribution in [-0.2, 0) is 9.59 Å². The molecule has 1 aromatic rings. The summed E-state index contributed by atoms with van der Waals surface area (Å²) in [4.78, 5) is 33.1. The van der Waals surface area contributed by atoms with E-state index in [9.17, 15) is 19.7 Å². The van der Waals surface area contributed by atoms with Gasteiger partial charge in [-0.25, -0.2) is 0 Å². The van der Waals surface area contributed by atoms with Gasteiger partial charge in [0.15, 0.2) is 0 Å². The summed E-state index contributed by atoms with van der Waals surface area (Å²) in [6, 6.07) is 5.54. The van der Waals surface area contributed by atoms with Crippen molar-refractivity contribution in [3.05, 3.63) is 46.0 Å². The molecule has 1 atom stereocenters. The minimum atomic E-state index is -0.494. The molecule has 0 saturated carbocycles. The molecule has 1 amide bonds. The first-order valence-electron chi connectivity index (χ1n) is 5.96. The number of amides is 1. The molecule has 1 unspecified atom stereocenters. The van der Waals surface area contributed by atoms with E-state index < -0.39 is 11.0 Å². The van der Waals surface area contributed by atoms with E-state index in [4.69, 9.17) is 0 Å². The number of hydrogen-bond donors (Lipinski definition) is 1. The summed E-state index contributed by atoms with van der Waals surface area (Å²) in [7, 11) is 0. The number of nitro groups is 1. The lowest BCUT2D eigenvalue weighted by molar-refractivity contribution is -0.384. The van der Waals surface area contributed by atoms with E-state index >= 15 is 0 Å². The summed E-state index contributed by atoms with van der Waals surface area (Å²) in [5, 5.41) is 13.2. The maximum atomic E-state index is 11.6. The van der Waals surface area contributed by atoms with Crippen LogP contribution in [0, 0.1) is 10.1 Å². The van der Waals surface area contributed by atoms with Crippen LogP contribution in [0.15, 0.2) is 30.3 Å². The predicted octanol–water partition coefficient (Wildman–Crippen LogP) is 1.76. The molecule has 20 heavy (non-hydrogen) atoms. The van der Waals surface area contributed by atoms with Crippen LogP contribution in [0.3, 0.4) is 0 Å². The lowest BCUT2D eigenvalue weighted by Gasteiger charge is -2.06. The number of non-ortho nitro benzene ring substituents is 1. The second kappa shape index (κ2) is 6.33. The highest BCUT2D eigenvalue weighted by Crippen LogP contribution is 2.19. The van der Waals surface area contributed by atoms with Gasteiger partial charge in [-0.3, -0.25) is 19.7 Å². The van der Waals surface area contributed by atoms with Gasteiger partial charge in [0.2, 0.25) is 11.0 Å². The van der Waals surface area contributed by atoms with E-state index in [2.05, 4.69) is 5.32 Å². The number of nitrogens with zero attached hydrogens (tertiary/aromatic N) is 1. The number of nitrogens with one attached hydrogen (secondary N) is 1. The van der Waals surface area contributed by atoms with Gasteiger partial charge < -0.3 is 5.32 Å². The van der Waals surface area contributed by atoms with E-state index in [0.29, 0.717) is 12.0 Å². The summed E-state index contributed by atoms with van der Waals surface area (Å²) >= 11 is 1.21. The molecule has 1 aromatic carbocycles. The van der Waals surface area contributed by atoms with Crippen LogP contribution < -0.4 is 5.32 Å². The van der Waals surface area contributed by atoms with Crippen molar-refractivity contribution in [2.75, 3.05) is 5.75 Å². The fourth-order valence-corrected chi connectivity index (χ4v) is 2.69. The Morgan fingerprint density at radius 1 is 1.50 bits per heavy atom. The molecule has 0 radical (unpaired) electrons. The van der Waals surface area contributed by atoms with Crippen molar-refractivity contribution >= 4 is 34.5 Å². The number of hydrogen-bond acceptors (Lipinski definition) is 5. The summed E-state index contributed by atoms with van der Waals surface area (Å²) in [5.41, 5.74) is 0.524. The number of carbonyl (C=O) groups excluding carboxylic acids is 2. The van der Waals surface area contributed by atoms with Crippen LogP contribution in [0.2, 0.25) is 0 Å². The molecular formula is C13H12N2O4S. The van der Waals surface area contributed by atoms with Crippen LogP contribution in [0.4, 0.5) is 5.69 Å². The molecule has 1 aliphatic rings. The lowest BCUT2D eigenvalue weighted by atomic mass is 10.2. The van der Waals surface area contributed by atoms with Crippen molar-refractivity contribution in [3.8, 4) is 0 Å². The molecule has 1 saturated heterocycles. The maximum Gasteiger partial charge on any atom is 0.270 e. The Morgan fingerprint density at radius 2 is 2.30 bits per heavy atom. The largest absolute Gasteiger partial charge is 0.342 e. The SMILES string of the molecule is O=C(C=Cc1cccc([N+](=O)[O-])c1)NC1CCSC1=O. The Hall–Kier alpha value is -2.15. The monoisotopic (exact) mass is 292 g/mol. The number of thioether (sulfide) groups is 1. The van der Waals surface area contributed by atoms with E-state index in [1.54, 1.807) is 12.1 Å². The smallest absolute Gasteiger partial charge is 0.270 e. The van der Waals surface area contributed by atoms with E-state index in [0.717, 1.165) is 5.75 Å². The quantitative estimate of drug-likeness (QED) is 0.519. The fourth-order valence-electron chi connectivity index (χ4n) is 1.76. The number of rotatable bonds is 4. The Bertz CT molecular complexity index is 585. The Kier molecular flexibility index (Phi) is 4.52. The van der Waals surface area contributed by atoms with Crippen molar-refractivity contribution in [2.24, 2.45) is 0 Å². The van der Waals surface area contributed by atoms with Gasteiger partial charge in [-0.1, -0.05) is 23.9 Å². The van der Waals surface area contributed by atoms with Gasteiger partial charge in [-0.05, 0) is 18.1 Å². The number of benzene rings is 1. The Balaban J connectivity index is 1.98. The standard InChI is InChI=1S/C13H12N2O4S/c16-12(14-11-6-7-20-13(11)17)5-4-9-2-1-3-10(8-9)15(18)19/h1-5,8,11H,6-7H2,(H,14,16). The molecule has 0 bridgehead atoms. The molecule has 1 N–H and O–H groups in total. The van der Waals surface area contributed by atoms with E-state index in [1.165, 1.54) is 36.0 Å². The molecule has 6 nitrogen and oxygen atoms in total. The third kappa shape index (κ3) is 3.67. The molecule has 7 heteroatoms. The first-order valence-corrected chi connectivity index (χ1v) is 6.94. The molecule has 0 aliphatic carbocycles. The van der Waals surface area contributed by atoms with Crippen molar-refractivity contribution in [2.45, 2.75) is 12.5 Å². The van der Waals surface area contributed by atoms with Gasteiger partial charge in [-0.2, -0.15) is 0 Å². The topological polar surface area (TPSA) is 89.3 Å². The van der Waals surface area contributed by atoms with Crippen molar-refractivity contribution < 1.29 is 14.5 Å². The zero-order valence-corrected chi connectivity index (χ0v) is 11.3. The van der Waals surface area contributed by atoms with Gasteiger partial charge in [0.1, 0.15) is 0 Å². The van der Waals surface area contributed by atoms with Crippen LogP contribution >= 0.6 is 11.8 Å².